The van der Waals surface area contributed by atoms with E-state index in [1.807, 2.05) is 42.5 Å². The zero-order valence-corrected chi connectivity index (χ0v) is 19.9. The van der Waals surface area contributed by atoms with Crippen LogP contribution in [0.3, 0.4) is 0 Å². The van der Waals surface area contributed by atoms with Crippen molar-refractivity contribution in [1.82, 2.24) is 4.90 Å². The number of halogens is 1. The van der Waals surface area contributed by atoms with Gasteiger partial charge < -0.3 is 24.7 Å². The number of hydrogen-bond acceptors (Lipinski definition) is 5. The van der Waals surface area contributed by atoms with Crippen molar-refractivity contribution in [3.8, 4) is 0 Å². The van der Waals surface area contributed by atoms with E-state index in [2.05, 4.69) is 22.5 Å². The van der Waals surface area contributed by atoms with Crippen molar-refractivity contribution in [2.45, 2.75) is 29.0 Å². The molecule has 2 aromatic carbocycles. The number of rotatable bonds is 7. The summed E-state index contributed by atoms with van der Waals surface area (Å²) < 4.78 is 6.24. The number of alkyl halides is 1. The number of aliphatic hydroxyl groups excluding tert-OH is 1. The number of carboxylic acid groups (broad SMARTS) is 1. The van der Waals surface area contributed by atoms with Crippen molar-refractivity contribution in [2.24, 2.45) is 11.8 Å². The summed E-state index contributed by atoms with van der Waals surface area (Å²) in [5.74, 6) is -4.00. The Labute approximate surface area is 204 Å². The highest BCUT2D eigenvalue weighted by atomic mass is 79.9. The molecule has 34 heavy (non-hydrogen) atoms. The van der Waals surface area contributed by atoms with Gasteiger partial charge in [-0.25, -0.2) is 0 Å². The van der Waals surface area contributed by atoms with E-state index >= 15 is 0 Å². The van der Waals surface area contributed by atoms with Crippen molar-refractivity contribution in [3.63, 3.8) is 0 Å². The van der Waals surface area contributed by atoms with Gasteiger partial charge in [-0.2, -0.15) is 0 Å². The number of nitrogens with zero attached hydrogens (tertiary/aromatic N) is 2. The second kappa shape index (κ2) is 8.48. The normalized spacial score (nSPS) is 31.6. The number of aliphatic hydroxyl groups is 1. The van der Waals surface area contributed by atoms with Gasteiger partial charge in [-0.1, -0.05) is 52.3 Å². The molecule has 3 aliphatic heterocycles. The fraction of sp³-hybridized carbons (Fsp3) is 0.400. The van der Waals surface area contributed by atoms with E-state index in [1.165, 1.54) is 4.90 Å². The highest BCUT2D eigenvalue weighted by Crippen LogP contribution is 2.60. The number of benzene rings is 2. The first-order valence-electron chi connectivity index (χ1n) is 11.2. The van der Waals surface area contributed by atoms with E-state index < -0.39 is 41.5 Å². The highest BCUT2D eigenvalue weighted by molar-refractivity contribution is 9.09. The number of β-amino-alcohol motifs (C(OH)–C–C–N with tert-alkyl or cyclic N) is 1. The minimum atomic E-state index is -1.28. The van der Waals surface area contributed by atoms with Crippen molar-refractivity contribution in [3.05, 3.63) is 55.1 Å². The van der Waals surface area contributed by atoms with Crippen LogP contribution < -0.4 is 4.90 Å². The Morgan fingerprint density at radius 2 is 2.00 bits per heavy atom. The molecular formula is C25H25BrN2O6. The minimum Gasteiger partial charge on any atom is -0.481 e. The van der Waals surface area contributed by atoms with Crippen molar-refractivity contribution >= 4 is 50.2 Å². The Morgan fingerprint density at radius 1 is 1.26 bits per heavy atom. The van der Waals surface area contributed by atoms with Crippen LogP contribution >= 0.6 is 15.9 Å². The van der Waals surface area contributed by atoms with Gasteiger partial charge in [0, 0.05) is 23.6 Å². The molecule has 1 spiro atoms. The maximum Gasteiger partial charge on any atom is 0.310 e. The van der Waals surface area contributed by atoms with Crippen LogP contribution in [-0.2, 0) is 19.1 Å². The van der Waals surface area contributed by atoms with Crippen LogP contribution in [0, 0.1) is 11.8 Å². The molecule has 0 aromatic heterocycles. The van der Waals surface area contributed by atoms with Crippen molar-refractivity contribution in [1.29, 1.82) is 0 Å². The number of carbonyl (C=O) groups is 3. The maximum absolute atomic E-state index is 14.2. The molecule has 2 N–H and O–H groups in total. The van der Waals surface area contributed by atoms with Gasteiger partial charge in [0.15, 0.2) is 0 Å². The Bertz CT molecular complexity index is 1190. The maximum atomic E-state index is 14.2. The van der Waals surface area contributed by atoms with E-state index in [0.717, 1.165) is 10.8 Å². The van der Waals surface area contributed by atoms with E-state index in [9.17, 15) is 24.6 Å². The molecule has 2 bridgehead atoms. The third kappa shape index (κ3) is 3.21. The molecule has 2 amide bonds. The summed E-state index contributed by atoms with van der Waals surface area (Å²) in [7, 11) is 0. The highest BCUT2D eigenvalue weighted by Gasteiger charge is 2.76. The summed E-state index contributed by atoms with van der Waals surface area (Å²) in [6.45, 7) is 3.55. The fourth-order valence-corrected chi connectivity index (χ4v) is 6.93. The minimum absolute atomic E-state index is 0.0829. The molecule has 0 saturated carbocycles. The Hall–Kier alpha value is -2.75. The number of carbonyl (C=O) groups excluding carboxylic acids is 2. The van der Waals surface area contributed by atoms with Crippen molar-refractivity contribution < 1.29 is 29.3 Å². The molecule has 6 atom stereocenters. The van der Waals surface area contributed by atoms with E-state index in [4.69, 9.17) is 4.74 Å². The van der Waals surface area contributed by atoms with Gasteiger partial charge in [-0.15, -0.1) is 6.58 Å². The standard InChI is InChI=1S/C25H25BrN2O6/c1-2-9-27(16-8-7-14-5-3-4-6-15(14)12-16)23(31)21-25-13-17(26)20(34-25)18(24(32)33)19(25)22(30)28(21)10-11-29/h2-8,12,17-21,29H,1,9-11,13H2,(H,32,33)/t17?,18-,19+,20-,21-,25+/m1/s1. The van der Waals surface area contributed by atoms with Crippen LogP contribution in [0.15, 0.2) is 55.1 Å². The van der Waals surface area contributed by atoms with Crippen LogP contribution in [0.4, 0.5) is 5.69 Å². The number of aliphatic carboxylic acids is 1. The topological polar surface area (TPSA) is 107 Å². The lowest BCUT2D eigenvalue weighted by Gasteiger charge is -2.37. The van der Waals surface area contributed by atoms with Crippen LogP contribution in [0.25, 0.3) is 10.8 Å². The summed E-state index contributed by atoms with van der Waals surface area (Å²) in [6.07, 6.45) is 1.23. The third-order valence-electron chi connectivity index (χ3n) is 7.27. The fourth-order valence-electron chi connectivity index (χ4n) is 5.98. The quantitative estimate of drug-likeness (QED) is 0.421. The lowest BCUT2D eigenvalue weighted by molar-refractivity contribution is -0.149. The lowest BCUT2D eigenvalue weighted by Crippen LogP contribution is -2.57. The third-order valence-corrected chi connectivity index (χ3v) is 8.12. The molecule has 1 unspecified atom stereocenters. The number of carboxylic acids is 1. The predicted molar refractivity (Wildman–Crippen MR) is 129 cm³/mol. The molecule has 5 rings (SSSR count). The molecule has 3 heterocycles. The number of fused-ring (bicyclic) bond motifs is 2. The zero-order chi connectivity index (χ0) is 24.2. The first-order chi connectivity index (χ1) is 16.3. The SMILES string of the molecule is C=CCN(C(=O)[C@H]1N(CCO)C(=O)[C@@H]2[C@@H](C(=O)O)[C@@H]3O[C@@]21CC3Br)c1ccc2ccccc2c1. The number of likely N-dealkylation sites (tertiary alicyclic amines) is 1. The molecule has 178 valence electrons. The van der Waals surface area contributed by atoms with Gasteiger partial charge in [0.05, 0.1) is 24.5 Å². The first kappa shape index (κ1) is 23.0. The average molecular weight is 529 g/mol. The summed E-state index contributed by atoms with van der Waals surface area (Å²) in [5.41, 5.74) is -0.640. The van der Waals surface area contributed by atoms with Crippen LogP contribution in [-0.4, -0.2) is 75.2 Å². The molecule has 3 fully saturated rings. The van der Waals surface area contributed by atoms with E-state index in [0.29, 0.717) is 12.1 Å². The van der Waals surface area contributed by atoms with Gasteiger partial charge in [0.2, 0.25) is 5.91 Å². The smallest absolute Gasteiger partial charge is 0.310 e. The lowest BCUT2D eigenvalue weighted by atomic mass is 9.70. The summed E-state index contributed by atoms with van der Waals surface area (Å²) in [4.78, 5) is 42.3. The second-order valence-corrected chi connectivity index (χ2v) is 10.2. The van der Waals surface area contributed by atoms with Gasteiger partial charge >= 0.3 is 5.97 Å². The number of amides is 2. The number of ether oxygens (including phenoxy) is 1. The van der Waals surface area contributed by atoms with Gasteiger partial charge in [0.25, 0.3) is 5.91 Å². The molecule has 8 nitrogen and oxygen atoms in total. The van der Waals surface area contributed by atoms with Gasteiger partial charge in [0.1, 0.15) is 11.6 Å². The van der Waals surface area contributed by atoms with Crippen LogP contribution in [0.1, 0.15) is 6.42 Å². The molecular weight excluding hydrogens is 504 g/mol. The molecule has 0 radical (unpaired) electrons. The van der Waals surface area contributed by atoms with Crippen LogP contribution in [0.2, 0.25) is 0 Å². The first-order valence-corrected chi connectivity index (χ1v) is 12.1. The van der Waals surface area contributed by atoms with E-state index in [-0.39, 0.29) is 30.4 Å². The monoisotopic (exact) mass is 528 g/mol. The average Bonchev–Trinajstić information content (AvgIpc) is 3.41. The summed E-state index contributed by atoms with van der Waals surface area (Å²) in [5, 5.41) is 21.6. The zero-order valence-electron chi connectivity index (χ0n) is 18.3. The molecule has 0 aliphatic carbocycles. The Morgan fingerprint density at radius 3 is 2.68 bits per heavy atom. The number of anilines is 1. The molecule has 2 aromatic rings. The summed E-state index contributed by atoms with van der Waals surface area (Å²) >= 11 is 3.52. The largest absolute Gasteiger partial charge is 0.481 e. The van der Waals surface area contributed by atoms with Gasteiger partial charge in [-0.05, 0) is 29.3 Å². The van der Waals surface area contributed by atoms with Gasteiger partial charge in [-0.3, -0.25) is 14.4 Å². The molecule has 9 heteroatoms. The Kier molecular flexibility index (Phi) is 5.74. The predicted octanol–water partition coefficient (Wildman–Crippen LogP) is 2.18. The number of hydrogen-bond donors (Lipinski definition) is 2. The van der Waals surface area contributed by atoms with Crippen LogP contribution in [0.5, 0.6) is 0 Å². The second-order valence-electron chi connectivity index (χ2n) is 9.03. The van der Waals surface area contributed by atoms with E-state index in [1.54, 1.807) is 11.0 Å². The molecule has 3 saturated heterocycles. The Balaban J connectivity index is 1.60. The molecule has 3 aliphatic rings. The summed E-state index contributed by atoms with van der Waals surface area (Å²) in [6, 6.07) is 12.4. The van der Waals surface area contributed by atoms with Crippen molar-refractivity contribution in [2.75, 3.05) is 24.6 Å².